The summed E-state index contributed by atoms with van der Waals surface area (Å²) in [6.45, 7) is 4.76. The molecule has 0 rings (SSSR count). The van der Waals surface area contributed by atoms with Crippen molar-refractivity contribution in [3.8, 4) is 0 Å². The molecule has 0 aliphatic carbocycles. The Morgan fingerprint density at radius 3 is 2.14 bits per heavy atom. The van der Waals surface area contributed by atoms with Crippen molar-refractivity contribution in [2.24, 2.45) is 5.92 Å². The number of aliphatic carboxylic acids is 1. The van der Waals surface area contributed by atoms with Crippen LogP contribution in [-0.2, 0) is 14.3 Å². The topological polar surface area (TPSA) is 63.6 Å². The number of rotatable bonds is 15. The molecular formula is C18H34O4. The molecule has 4 heteroatoms. The SMILES string of the molecule is CCCCCCC(CCCC)C(=O)OCCCCCC(=O)O. The van der Waals surface area contributed by atoms with E-state index in [0.717, 1.165) is 44.9 Å². The molecule has 4 nitrogen and oxygen atoms in total. The Morgan fingerprint density at radius 2 is 1.50 bits per heavy atom. The first kappa shape index (κ1) is 20.9. The number of esters is 1. The van der Waals surface area contributed by atoms with Crippen LogP contribution >= 0.6 is 0 Å². The smallest absolute Gasteiger partial charge is 0.308 e. The van der Waals surface area contributed by atoms with E-state index in [0.29, 0.717) is 13.0 Å². The molecule has 0 saturated heterocycles. The molecular weight excluding hydrogens is 280 g/mol. The number of unbranched alkanes of at least 4 members (excludes halogenated alkanes) is 6. The minimum atomic E-state index is -0.760. The predicted octanol–water partition coefficient (Wildman–Crippen LogP) is 4.95. The van der Waals surface area contributed by atoms with Crippen LogP contribution in [0.4, 0.5) is 0 Å². The number of hydrogen-bond acceptors (Lipinski definition) is 3. The van der Waals surface area contributed by atoms with Gasteiger partial charge in [-0.2, -0.15) is 0 Å². The Balaban J connectivity index is 3.86. The Bertz CT molecular complexity index is 289. The van der Waals surface area contributed by atoms with E-state index < -0.39 is 5.97 Å². The number of carbonyl (C=O) groups is 2. The molecule has 0 fully saturated rings. The van der Waals surface area contributed by atoms with Gasteiger partial charge in [-0.1, -0.05) is 52.4 Å². The van der Waals surface area contributed by atoms with Gasteiger partial charge in [-0.05, 0) is 32.1 Å². The molecule has 1 atom stereocenters. The maximum Gasteiger partial charge on any atom is 0.308 e. The number of ether oxygens (including phenoxy) is 1. The molecule has 22 heavy (non-hydrogen) atoms. The summed E-state index contributed by atoms with van der Waals surface area (Å²) >= 11 is 0. The summed E-state index contributed by atoms with van der Waals surface area (Å²) in [6.07, 6.45) is 11.2. The van der Waals surface area contributed by atoms with Gasteiger partial charge in [0.1, 0.15) is 0 Å². The minimum absolute atomic E-state index is 0.0517. The van der Waals surface area contributed by atoms with Crippen molar-refractivity contribution in [1.82, 2.24) is 0 Å². The Labute approximate surface area is 135 Å². The second kappa shape index (κ2) is 14.9. The van der Waals surface area contributed by atoms with Gasteiger partial charge in [-0.15, -0.1) is 0 Å². The fourth-order valence-corrected chi connectivity index (χ4v) is 2.49. The highest BCUT2D eigenvalue weighted by atomic mass is 16.5. The lowest BCUT2D eigenvalue weighted by Gasteiger charge is -2.15. The largest absolute Gasteiger partial charge is 0.481 e. The lowest BCUT2D eigenvalue weighted by Crippen LogP contribution is -2.18. The lowest BCUT2D eigenvalue weighted by atomic mass is 9.95. The molecule has 0 amide bonds. The highest BCUT2D eigenvalue weighted by Crippen LogP contribution is 2.19. The van der Waals surface area contributed by atoms with Crippen molar-refractivity contribution in [2.45, 2.75) is 90.9 Å². The highest BCUT2D eigenvalue weighted by Gasteiger charge is 2.18. The average molecular weight is 314 g/mol. The third-order valence-electron chi connectivity index (χ3n) is 3.92. The van der Waals surface area contributed by atoms with Crippen LogP contribution in [0.3, 0.4) is 0 Å². The molecule has 0 saturated carbocycles. The molecule has 130 valence electrons. The second-order valence-corrected chi connectivity index (χ2v) is 6.06. The van der Waals surface area contributed by atoms with Crippen LogP contribution in [0, 0.1) is 5.92 Å². The van der Waals surface area contributed by atoms with E-state index in [4.69, 9.17) is 9.84 Å². The summed E-state index contributed by atoms with van der Waals surface area (Å²) in [6, 6.07) is 0. The summed E-state index contributed by atoms with van der Waals surface area (Å²) in [4.78, 5) is 22.5. The molecule has 1 N–H and O–H groups in total. The zero-order chi connectivity index (χ0) is 16.6. The van der Waals surface area contributed by atoms with Gasteiger partial charge in [0.25, 0.3) is 0 Å². The maximum atomic E-state index is 12.1. The highest BCUT2D eigenvalue weighted by molar-refractivity contribution is 5.72. The Morgan fingerprint density at radius 1 is 0.864 bits per heavy atom. The van der Waals surface area contributed by atoms with Crippen molar-refractivity contribution in [1.29, 1.82) is 0 Å². The Hall–Kier alpha value is -1.06. The van der Waals surface area contributed by atoms with Crippen LogP contribution in [0.15, 0.2) is 0 Å². The third kappa shape index (κ3) is 12.7. The molecule has 0 radical (unpaired) electrons. The van der Waals surface area contributed by atoms with E-state index in [-0.39, 0.29) is 18.3 Å². The van der Waals surface area contributed by atoms with Gasteiger partial charge in [0.05, 0.1) is 12.5 Å². The summed E-state index contributed by atoms with van der Waals surface area (Å²) in [7, 11) is 0. The zero-order valence-corrected chi connectivity index (χ0v) is 14.4. The van der Waals surface area contributed by atoms with Gasteiger partial charge in [-0.3, -0.25) is 9.59 Å². The molecule has 0 aromatic rings. The first-order valence-electron chi connectivity index (χ1n) is 9.00. The van der Waals surface area contributed by atoms with Gasteiger partial charge < -0.3 is 9.84 Å². The molecule has 0 aliphatic heterocycles. The molecule has 1 unspecified atom stereocenters. The predicted molar refractivity (Wildman–Crippen MR) is 88.8 cm³/mol. The van der Waals surface area contributed by atoms with Crippen LogP contribution in [0.1, 0.15) is 90.9 Å². The van der Waals surface area contributed by atoms with Gasteiger partial charge in [0.15, 0.2) is 0 Å². The van der Waals surface area contributed by atoms with Crippen molar-refractivity contribution in [3.05, 3.63) is 0 Å². The van der Waals surface area contributed by atoms with E-state index in [9.17, 15) is 9.59 Å². The van der Waals surface area contributed by atoms with Gasteiger partial charge >= 0.3 is 11.9 Å². The molecule has 0 bridgehead atoms. The summed E-state index contributed by atoms with van der Waals surface area (Å²) in [5.74, 6) is -0.761. The van der Waals surface area contributed by atoms with Gasteiger partial charge in [0.2, 0.25) is 0 Å². The van der Waals surface area contributed by atoms with E-state index in [1.807, 2.05) is 0 Å². The van der Waals surface area contributed by atoms with Crippen LogP contribution in [-0.4, -0.2) is 23.7 Å². The minimum Gasteiger partial charge on any atom is -0.481 e. The average Bonchev–Trinajstić information content (AvgIpc) is 2.49. The van der Waals surface area contributed by atoms with Crippen LogP contribution < -0.4 is 0 Å². The number of carbonyl (C=O) groups excluding carboxylic acids is 1. The standard InChI is InChI=1S/C18H34O4/c1-3-5-7-9-13-16(12-6-4-2)18(21)22-15-11-8-10-14-17(19)20/h16H,3-15H2,1-2H3,(H,19,20). The van der Waals surface area contributed by atoms with Gasteiger partial charge in [-0.25, -0.2) is 0 Å². The summed E-state index contributed by atoms with van der Waals surface area (Å²) in [5, 5.41) is 8.55. The van der Waals surface area contributed by atoms with E-state index in [1.165, 1.54) is 19.3 Å². The van der Waals surface area contributed by atoms with Gasteiger partial charge in [0, 0.05) is 6.42 Å². The summed E-state index contributed by atoms with van der Waals surface area (Å²) in [5.41, 5.74) is 0. The monoisotopic (exact) mass is 314 g/mol. The first-order valence-corrected chi connectivity index (χ1v) is 9.00. The third-order valence-corrected chi connectivity index (χ3v) is 3.92. The fourth-order valence-electron chi connectivity index (χ4n) is 2.49. The quantitative estimate of drug-likeness (QED) is 0.343. The molecule has 0 aromatic heterocycles. The first-order chi connectivity index (χ1) is 10.6. The van der Waals surface area contributed by atoms with Crippen molar-refractivity contribution in [3.63, 3.8) is 0 Å². The number of carboxylic acid groups (broad SMARTS) is 1. The number of carboxylic acids is 1. The number of hydrogen-bond donors (Lipinski definition) is 1. The molecule has 0 spiro atoms. The Kier molecular flexibility index (Phi) is 14.1. The molecule has 0 aliphatic rings. The second-order valence-electron chi connectivity index (χ2n) is 6.06. The van der Waals surface area contributed by atoms with E-state index >= 15 is 0 Å². The fraction of sp³-hybridized carbons (Fsp3) is 0.889. The summed E-state index contributed by atoms with van der Waals surface area (Å²) < 4.78 is 5.38. The maximum absolute atomic E-state index is 12.1. The van der Waals surface area contributed by atoms with Crippen LogP contribution in [0.25, 0.3) is 0 Å². The van der Waals surface area contributed by atoms with Crippen LogP contribution in [0.5, 0.6) is 0 Å². The van der Waals surface area contributed by atoms with E-state index in [1.54, 1.807) is 0 Å². The van der Waals surface area contributed by atoms with Crippen molar-refractivity contribution in [2.75, 3.05) is 6.61 Å². The van der Waals surface area contributed by atoms with Crippen molar-refractivity contribution < 1.29 is 19.4 Å². The zero-order valence-electron chi connectivity index (χ0n) is 14.4. The van der Waals surface area contributed by atoms with Crippen molar-refractivity contribution >= 4 is 11.9 Å². The normalized spacial score (nSPS) is 12.1. The lowest BCUT2D eigenvalue weighted by molar-refractivity contribution is -0.149. The molecule has 0 heterocycles. The molecule has 0 aromatic carbocycles. The van der Waals surface area contributed by atoms with E-state index in [2.05, 4.69) is 13.8 Å². The van der Waals surface area contributed by atoms with Crippen LogP contribution in [0.2, 0.25) is 0 Å².